The number of carbonyl (C=O) groups excluding carboxylic acids is 1. The van der Waals surface area contributed by atoms with Gasteiger partial charge >= 0.3 is 0 Å². The summed E-state index contributed by atoms with van der Waals surface area (Å²) in [5.74, 6) is -0.220. The number of amides is 1. The van der Waals surface area contributed by atoms with Gasteiger partial charge in [-0.15, -0.1) is 0 Å². The first-order valence-electron chi connectivity index (χ1n) is 7.97. The van der Waals surface area contributed by atoms with Crippen molar-refractivity contribution >= 4 is 27.5 Å². The van der Waals surface area contributed by atoms with Gasteiger partial charge in [0.05, 0.1) is 15.9 Å². The van der Waals surface area contributed by atoms with Crippen LogP contribution >= 0.6 is 15.9 Å². The van der Waals surface area contributed by atoms with Crippen LogP contribution in [0.15, 0.2) is 34.9 Å². The van der Waals surface area contributed by atoms with Crippen molar-refractivity contribution in [3.63, 3.8) is 0 Å². The van der Waals surface area contributed by atoms with E-state index >= 15 is 0 Å². The van der Waals surface area contributed by atoms with Gasteiger partial charge in [-0.3, -0.25) is 9.48 Å². The zero-order chi connectivity index (χ0) is 18.1. The van der Waals surface area contributed by atoms with Crippen molar-refractivity contribution in [3.8, 4) is 0 Å². The average Bonchev–Trinajstić information content (AvgIpc) is 3.13. The van der Waals surface area contributed by atoms with Crippen molar-refractivity contribution in [1.82, 2.24) is 19.6 Å². The average molecular weight is 402 g/mol. The lowest BCUT2D eigenvalue weighted by Gasteiger charge is -2.09. The van der Waals surface area contributed by atoms with Crippen LogP contribution in [0.3, 0.4) is 0 Å². The maximum Gasteiger partial charge on any atom is 0.276 e. The molecular formula is C18H20BrN5O. The maximum absolute atomic E-state index is 12.5. The standard InChI is InChI=1S/C18H20BrN5O/c1-11-6-5-7-15(12(11)2)20-18(25)16-8-9-23(22-16)10-24-14(4)17(19)13(3)21-24/h5-9H,10H2,1-4H3,(H,20,25). The highest BCUT2D eigenvalue weighted by Crippen LogP contribution is 2.20. The molecule has 0 saturated heterocycles. The van der Waals surface area contributed by atoms with E-state index in [9.17, 15) is 4.79 Å². The van der Waals surface area contributed by atoms with Gasteiger partial charge in [0.15, 0.2) is 5.69 Å². The molecule has 2 heterocycles. The molecule has 0 saturated carbocycles. The van der Waals surface area contributed by atoms with Gasteiger partial charge in [-0.05, 0) is 66.9 Å². The van der Waals surface area contributed by atoms with E-state index in [0.29, 0.717) is 12.4 Å². The topological polar surface area (TPSA) is 64.7 Å². The van der Waals surface area contributed by atoms with Crippen LogP contribution in [0, 0.1) is 27.7 Å². The first-order valence-corrected chi connectivity index (χ1v) is 8.76. The van der Waals surface area contributed by atoms with Crippen molar-refractivity contribution in [2.24, 2.45) is 0 Å². The predicted molar refractivity (Wildman–Crippen MR) is 101 cm³/mol. The number of benzene rings is 1. The second-order valence-corrected chi connectivity index (χ2v) is 6.86. The van der Waals surface area contributed by atoms with E-state index in [1.54, 1.807) is 16.9 Å². The van der Waals surface area contributed by atoms with E-state index in [2.05, 4.69) is 31.4 Å². The molecule has 0 atom stereocenters. The number of hydrogen-bond donors (Lipinski definition) is 1. The van der Waals surface area contributed by atoms with Crippen LogP contribution in [0.1, 0.15) is 33.0 Å². The van der Waals surface area contributed by atoms with Gasteiger partial charge < -0.3 is 5.32 Å². The number of nitrogens with zero attached hydrogens (tertiary/aromatic N) is 4. The number of aryl methyl sites for hydroxylation is 2. The summed E-state index contributed by atoms with van der Waals surface area (Å²) in [4.78, 5) is 12.5. The Labute approximate surface area is 155 Å². The number of halogens is 1. The monoisotopic (exact) mass is 401 g/mol. The summed E-state index contributed by atoms with van der Waals surface area (Å²) in [6.07, 6.45) is 1.78. The highest BCUT2D eigenvalue weighted by Gasteiger charge is 2.13. The molecule has 2 aromatic heterocycles. The first kappa shape index (κ1) is 17.4. The Morgan fingerprint density at radius 3 is 2.60 bits per heavy atom. The van der Waals surface area contributed by atoms with E-state index in [-0.39, 0.29) is 5.91 Å². The van der Waals surface area contributed by atoms with Crippen LogP contribution in [-0.2, 0) is 6.67 Å². The minimum atomic E-state index is -0.220. The minimum Gasteiger partial charge on any atom is -0.320 e. The lowest BCUT2D eigenvalue weighted by Crippen LogP contribution is -2.16. The van der Waals surface area contributed by atoms with Crippen LogP contribution in [0.2, 0.25) is 0 Å². The molecule has 0 aliphatic heterocycles. The molecule has 130 valence electrons. The van der Waals surface area contributed by atoms with E-state index in [1.165, 1.54) is 0 Å². The van der Waals surface area contributed by atoms with Gasteiger partial charge in [0.25, 0.3) is 5.91 Å². The largest absolute Gasteiger partial charge is 0.320 e. The second-order valence-electron chi connectivity index (χ2n) is 6.07. The molecule has 0 aliphatic rings. The van der Waals surface area contributed by atoms with Crippen LogP contribution in [0.5, 0.6) is 0 Å². The summed E-state index contributed by atoms with van der Waals surface area (Å²) < 4.78 is 4.54. The highest BCUT2D eigenvalue weighted by atomic mass is 79.9. The third kappa shape index (κ3) is 3.51. The fourth-order valence-corrected chi connectivity index (χ4v) is 2.87. The van der Waals surface area contributed by atoms with Gasteiger partial charge in [-0.25, -0.2) is 4.68 Å². The number of rotatable bonds is 4. The SMILES string of the molecule is Cc1cccc(NC(=O)c2ccn(Cn3nc(C)c(Br)c3C)n2)c1C. The smallest absolute Gasteiger partial charge is 0.276 e. The lowest BCUT2D eigenvalue weighted by atomic mass is 10.1. The van der Waals surface area contributed by atoms with E-state index in [0.717, 1.165) is 32.7 Å². The molecule has 0 aliphatic carbocycles. The summed E-state index contributed by atoms with van der Waals surface area (Å²) in [5.41, 5.74) is 5.33. The van der Waals surface area contributed by atoms with Crippen LogP contribution in [0.25, 0.3) is 0 Å². The van der Waals surface area contributed by atoms with Gasteiger partial charge in [-0.1, -0.05) is 12.1 Å². The van der Waals surface area contributed by atoms with E-state index in [4.69, 9.17) is 0 Å². The third-order valence-electron chi connectivity index (χ3n) is 4.30. The lowest BCUT2D eigenvalue weighted by molar-refractivity contribution is 0.102. The summed E-state index contributed by atoms with van der Waals surface area (Å²) in [7, 11) is 0. The van der Waals surface area contributed by atoms with Gasteiger partial charge in [0.2, 0.25) is 0 Å². The molecule has 7 heteroatoms. The molecule has 0 unspecified atom stereocenters. The molecule has 0 fully saturated rings. The molecule has 1 amide bonds. The predicted octanol–water partition coefficient (Wildman–Crippen LogP) is 3.83. The van der Waals surface area contributed by atoms with Crippen molar-refractivity contribution in [2.45, 2.75) is 34.4 Å². The van der Waals surface area contributed by atoms with Crippen molar-refractivity contribution in [3.05, 3.63) is 63.1 Å². The number of anilines is 1. The molecule has 0 spiro atoms. The van der Waals surface area contributed by atoms with Crippen LogP contribution < -0.4 is 5.32 Å². The Hall–Kier alpha value is -2.41. The Morgan fingerprint density at radius 2 is 1.92 bits per heavy atom. The molecule has 1 aromatic carbocycles. The molecule has 3 aromatic rings. The van der Waals surface area contributed by atoms with Crippen LogP contribution in [-0.4, -0.2) is 25.5 Å². The zero-order valence-electron chi connectivity index (χ0n) is 14.7. The van der Waals surface area contributed by atoms with Crippen molar-refractivity contribution in [2.75, 3.05) is 5.32 Å². The third-order valence-corrected chi connectivity index (χ3v) is 5.45. The summed E-state index contributed by atoms with van der Waals surface area (Å²) in [5, 5.41) is 11.7. The highest BCUT2D eigenvalue weighted by molar-refractivity contribution is 9.10. The van der Waals surface area contributed by atoms with Gasteiger partial charge in [0.1, 0.15) is 6.67 Å². The van der Waals surface area contributed by atoms with Gasteiger partial charge in [0, 0.05) is 11.9 Å². The van der Waals surface area contributed by atoms with E-state index in [1.807, 2.05) is 50.6 Å². The Kier molecular flexibility index (Phi) is 4.76. The molecule has 6 nitrogen and oxygen atoms in total. The fraction of sp³-hybridized carbons (Fsp3) is 0.278. The number of hydrogen-bond acceptors (Lipinski definition) is 3. The number of nitrogens with one attached hydrogen (secondary N) is 1. The summed E-state index contributed by atoms with van der Waals surface area (Å²) in [6.45, 7) is 8.40. The van der Waals surface area contributed by atoms with Crippen molar-refractivity contribution in [1.29, 1.82) is 0 Å². The quantitative estimate of drug-likeness (QED) is 0.722. The Morgan fingerprint density at radius 1 is 1.16 bits per heavy atom. The molecule has 0 radical (unpaired) electrons. The minimum absolute atomic E-state index is 0.220. The molecule has 0 bridgehead atoms. The fourth-order valence-electron chi connectivity index (χ4n) is 2.58. The molecular weight excluding hydrogens is 382 g/mol. The summed E-state index contributed by atoms with van der Waals surface area (Å²) in [6, 6.07) is 7.55. The molecule has 1 N–H and O–H groups in total. The van der Waals surface area contributed by atoms with E-state index < -0.39 is 0 Å². The summed E-state index contributed by atoms with van der Waals surface area (Å²) >= 11 is 3.51. The maximum atomic E-state index is 12.5. The zero-order valence-corrected chi connectivity index (χ0v) is 16.3. The molecule has 25 heavy (non-hydrogen) atoms. The van der Waals surface area contributed by atoms with Gasteiger partial charge in [-0.2, -0.15) is 10.2 Å². The Bertz CT molecular complexity index is 941. The number of aromatic nitrogens is 4. The second kappa shape index (κ2) is 6.84. The van der Waals surface area contributed by atoms with Crippen molar-refractivity contribution < 1.29 is 4.79 Å². The normalized spacial score (nSPS) is 10.9. The van der Waals surface area contributed by atoms with Crippen LogP contribution in [0.4, 0.5) is 5.69 Å². The number of carbonyl (C=O) groups is 1. The Balaban J connectivity index is 1.75. The first-order chi connectivity index (χ1) is 11.9. The molecule has 3 rings (SSSR count).